The van der Waals surface area contributed by atoms with Gasteiger partial charge >= 0.3 is 0 Å². The van der Waals surface area contributed by atoms with E-state index in [4.69, 9.17) is 9.47 Å². The maximum absolute atomic E-state index is 5.39. The highest BCUT2D eigenvalue weighted by Crippen LogP contribution is 2.20. The van der Waals surface area contributed by atoms with Crippen molar-refractivity contribution in [2.75, 3.05) is 51.9 Å². The van der Waals surface area contributed by atoms with E-state index in [1.54, 1.807) is 7.11 Å². The molecule has 3 nitrogen and oxygen atoms in total. The van der Waals surface area contributed by atoms with Crippen molar-refractivity contribution in [1.29, 1.82) is 0 Å². The van der Waals surface area contributed by atoms with Crippen LogP contribution in [-0.2, 0) is 9.47 Å². The van der Waals surface area contributed by atoms with Crippen molar-refractivity contribution in [3.8, 4) is 0 Å². The van der Waals surface area contributed by atoms with Crippen LogP contribution in [0.15, 0.2) is 0 Å². The van der Waals surface area contributed by atoms with Gasteiger partial charge in [0, 0.05) is 38.7 Å². The zero-order chi connectivity index (χ0) is 13.1. The molecule has 0 atom stereocenters. The van der Waals surface area contributed by atoms with Crippen LogP contribution in [0.25, 0.3) is 0 Å². The molecular formula is C14H28BrNO2. The first-order valence-electron chi connectivity index (χ1n) is 7.21. The van der Waals surface area contributed by atoms with E-state index in [2.05, 4.69) is 20.8 Å². The van der Waals surface area contributed by atoms with Crippen LogP contribution >= 0.6 is 15.9 Å². The second-order valence-corrected chi connectivity index (χ2v) is 5.87. The van der Waals surface area contributed by atoms with E-state index in [1.807, 2.05) is 0 Å². The summed E-state index contributed by atoms with van der Waals surface area (Å²) in [6.07, 6.45) is 6.60. The van der Waals surface area contributed by atoms with Crippen LogP contribution in [-0.4, -0.2) is 56.8 Å². The summed E-state index contributed by atoms with van der Waals surface area (Å²) >= 11 is 3.52. The van der Waals surface area contributed by atoms with E-state index in [-0.39, 0.29) is 0 Å². The smallest absolute Gasteiger partial charge is 0.0589 e. The second kappa shape index (κ2) is 11.2. The topological polar surface area (TPSA) is 21.7 Å². The summed E-state index contributed by atoms with van der Waals surface area (Å²) in [5.74, 6) is 0.919. The van der Waals surface area contributed by atoms with E-state index in [0.29, 0.717) is 0 Å². The van der Waals surface area contributed by atoms with Crippen molar-refractivity contribution in [2.24, 2.45) is 5.92 Å². The van der Waals surface area contributed by atoms with Gasteiger partial charge in [0.15, 0.2) is 0 Å². The lowest BCUT2D eigenvalue weighted by atomic mass is 9.94. The Balaban J connectivity index is 2.02. The van der Waals surface area contributed by atoms with Gasteiger partial charge in [0.1, 0.15) is 0 Å². The van der Waals surface area contributed by atoms with Crippen molar-refractivity contribution >= 4 is 15.9 Å². The fourth-order valence-electron chi connectivity index (χ4n) is 2.48. The Kier molecular flexibility index (Phi) is 10.2. The maximum atomic E-state index is 5.39. The molecule has 0 saturated carbocycles. The highest BCUT2D eigenvalue weighted by atomic mass is 79.9. The molecule has 108 valence electrons. The predicted octanol–water partition coefficient (Wildman–Crippen LogP) is 2.93. The average Bonchev–Trinajstić information content (AvgIpc) is 2.42. The summed E-state index contributed by atoms with van der Waals surface area (Å²) in [5, 5.41) is 1.05. The van der Waals surface area contributed by atoms with Crippen molar-refractivity contribution in [1.82, 2.24) is 4.90 Å². The molecule has 0 amide bonds. The molecule has 1 aliphatic rings. The van der Waals surface area contributed by atoms with Crippen molar-refractivity contribution in [2.45, 2.75) is 32.1 Å². The standard InChI is InChI=1S/C14H28BrNO2/c1-17-13-10-16(9-7-15)8-3-2-4-14-5-11-18-12-6-14/h14H,2-13H2,1H3. The van der Waals surface area contributed by atoms with Gasteiger partial charge in [-0.2, -0.15) is 0 Å². The number of unbranched alkanes of at least 4 members (excludes halogenated alkanes) is 1. The molecule has 1 rings (SSSR count). The van der Waals surface area contributed by atoms with Crippen LogP contribution in [0.5, 0.6) is 0 Å². The Morgan fingerprint density at radius 1 is 1.17 bits per heavy atom. The van der Waals surface area contributed by atoms with E-state index in [9.17, 15) is 0 Å². The Labute approximate surface area is 120 Å². The molecule has 0 aromatic rings. The molecule has 0 spiro atoms. The van der Waals surface area contributed by atoms with Crippen LogP contribution in [0.2, 0.25) is 0 Å². The number of hydrogen-bond donors (Lipinski definition) is 0. The Morgan fingerprint density at radius 3 is 2.61 bits per heavy atom. The fraction of sp³-hybridized carbons (Fsp3) is 1.00. The van der Waals surface area contributed by atoms with E-state index >= 15 is 0 Å². The summed E-state index contributed by atoms with van der Waals surface area (Å²) < 4.78 is 10.5. The minimum Gasteiger partial charge on any atom is -0.383 e. The number of methoxy groups -OCH3 is 1. The minimum absolute atomic E-state index is 0.840. The Bertz CT molecular complexity index is 187. The molecule has 0 bridgehead atoms. The number of rotatable bonds is 10. The van der Waals surface area contributed by atoms with Gasteiger partial charge in [0.2, 0.25) is 0 Å². The van der Waals surface area contributed by atoms with Gasteiger partial charge in [0.25, 0.3) is 0 Å². The maximum Gasteiger partial charge on any atom is 0.0589 e. The molecule has 0 aromatic heterocycles. The summed E-state index contributed by atoms with van der Waals surface area (Å²) in [7, 11) is 1.78. The fourth-order valence-corrected chi connectivity index (χ4v) is 2.98. The Morgan fingerprint density at radius 2 is 1.94 bits per heavy atom. The minimum atomic E-state index is 0.840. The molecule has 0 aromatic carbocycles. The summed E-state index contributed by atoms with van der Waals surface area (Å²) in [6.45, 7) is 6.19. The third-order valence-electron chi connectivity index (χ3n) is 3.69. The van der Waals surface area contributed by atoms with Gasteiger partial charge in [-0.3, -0.25) is 0 Å². The highest BCUT2D eigenvalue weighted by Gasteiger charge is 2.13. The monoisotopic (exact) mass is 321 g/mol. The predicted molar refractivity (Wildman–Crippen MR) is 79.5 cm³/mol. The molecule has 0 radical (unpaired) electrons. The first-order chi connectivity index (χ1) is 8.86. The molecule has 18 heavy (non-hydrogen) atoms. The summed E-state index contributed by atoms with van der Waals surface area (Å²) in [6, 6.07) is 0. The largest absolute Gasteiger partial charge is 0.383 e. The van der Waals surface area contributed by atoms with Gasteiger partial charge in [-0.15, -0.1) is 0 Å². The van der Waals surface area contributed by atoms with Gasteiger partial charge in [-0.25, -0.2) is 0 Å². The average molecular weight is 322 g/mol. The first-order valence-corrected chi connectivity index (χ1v) is 8.34. The normalized spacial score (nSPS) is 17.5. The number of nitrogens with zero attached hydrogens (tertiary/aromatic N) is 1. The third-order valence-corrected chi connectivity index (χ3v) is 4.04. The lowest BCUT2D eigenvalue weighted by Gasteiger charge is -2.23. The molecule has 1 heterocycles. The first kappa shape index (κ1) is 16.4. The summed E-state index contributed by atoms with van der Waals surface area (Å²) in [4.78, 5) is 2.49. The number of alkyl halides is 1. The van der Waals surface area contributed by atoms with Gasteiger partial charge < -0.3 is 14.4 Å². The van der Waals surface area contributed by atoms with Crippen LogP contribution in [0.1, 0.15) is 32.1 Å². The number of ether oxygens (including phenoxy) is 2. The zero-order valence-electron chi connectivity index (χ0n) is 11.7. The van der Waals surface area contributed by atoms with Gasteiger partial charge in [-0.05, 0) is 31.7 Å². The molecule has 0 unspecified atom stereocenters. The zero-order valence-corrected chi connectivity index (χ0v) is 13.3. The van der Waals surface area contributed by atoms with Crippen LogP contribution in [0, 0.1) is 5.92 Å². The van der Waals surface area contributed by atoms with Gasteiger partial charge in [0.05, 0.1) is 6.61 Å². The highest BCUT2D eigenvalue weighted by molar-refractivity contribution is 9.09. The van der Waals surface area contributed by atoms with Crippen molar-refractivity contribution in [3.05, 3.63) is 0 Å². The van der Waals surface area contributed by atoms with E-state index < -0.39 is 0 Å². The van der Waals surface area contributed by atoms with E-state index in [1.165, 1.54) is 38.6 Å². The second-order valence-electron chi connectivity index (χ2n) is 5.07. The number of halogens is 1. The molecule has 1 saturated heterocycles. The van der Waals surface area contributed by atoms with Gasteiger partial charge in [-0.1, -0.05) is 28.8 Å². The van der Waals surface area contributed by atoms with Crippen LogP contribution < -0.4 is 0 Å². The third kappa shape index (κ3) is 7.72. The summed E-state index contributed by atoms with van der Waals surface area (Å²) in [5.41, 5.74) is 0. The lowest BCUT2D eigenvalue weighted by molar-refractivity contribution is 0.0628. The molecule has 1 fully saturated rings. The van der Waals surface area contributed by atoms with Crippen LogP contribution in [0.3, 0.4) is 0 Å². The molecule has 1 aliphatic heterocycles. The molecular weight excluding hydrogens is 294 g/mol. The van der Waals surface area contributed by atoms with Crippen molar-refractivity contribution < 1.29 is 9.47 Å². The van der Waals surface area contributed by atoms with Crippen molar-refractivity contribution in [3.63, 3.8) is 0 Å². The lowest BCUT2D eigenvalue weighted by Crippen LogP contribution is -2.30. The number of hydrogen-bond acceptors (Lipinski definition) is 3. The Hall–Kier alpha value is 0.360. The molecule has 0 N–H and O–H groups in total. The SMILES string of the molecule is COCCN(CCBr)CCCCC1CCOCC1. The molecule has 0 aliphatic carbocycles. The van der Waals surface area contributed by atoms with E-state index in [0.717, 1.165) is 44.2 Å². The quantitative estimate of drug-likeness (QED) is 0.456. The molecule has 4 heteroatoms. The van der Waals surface area contributed by atoms with Crippen LogP contribution in [0.4, 0.5) is 0 Å².